The fourth-order valence-corrected chi connectivity index (χ4v) is 2.38. The number of nitrogens with two attached hydrogens (primary N) is 1. The average molecular weight is 275 g/mol. The van der Waals surface area contributed by atoms with Gasteiger partial charge in [-0.2, -0.15) is 0 Å². The highest BCUT2D eigenvalue weighted by Gasteiger charge is 2.21. The zero-order valence-electron chi connectivity index (χ0n) is 12.7. The average Bonchev–Trinajstić information content (AvgIpc) is 2.80. The van der Waals surface area contributed by atoms with Crippen molar-refractivity contribution in [2.45, 2.75) is 33.7 Å². The summed E-state index contributed by atoms with van der Waals surface area (Å²) < 4.78 is 5.81. The van der Waals surface area contributed by atoms with Gasteiger partial charge in [0.25, 0.3) is 0 Å². The third-order valence-electron chi connectivity index (χ3n) is 3.44. The third-order valence-corrected chi connectivity index (χ3v) is 3.44. The van der Waals surface area contributed by atoms with Crippen LogP contribution in [0.25, 0.3) is 11.1 Å². The van der Waals surface area contributed by atoms with E-state index in [1.807, 2.05) is 24.3 Å². The molecule has 0 atom stereocenters. The van der Waals surface area contributed by atoms with Crippen LogP contribution in [-0.2, 0) is 6.54 Å². The molecule has 2 aromatic rings. The summed E-state index contributed by atoms with van der Waals surface area (Å²) in [5.74, 6) is 0.785. The number of fused-ring (bicyclic) bond motifs is 1. The number of para-hydroxylation sites is 2. The zero-order chi connectivity index (χ0) is 14.6. The predicted molar refractivity (Wildman–Crippen MR) is 82.4 cm³/mol. The Bertz CT molecular complexity index is 514. The van der Waals surface area contributed by atoms with Crippen LogP contribution in [0.3, 0.4) is 0 Å². The number of rotatable bonds is 7. The zero-order valence-corrected chi connectivity index (χ0v) is 12.7. The molecule has 2 N–H and O–H groups in total. The van der Waals surface area contributed by atoms with Crippen molar-refractivity contribution in [3.63, 3.8) is 0 Å². The van der Waals surface area contributed by atoms with Crippen molar-refractivity contribution in [1.29, 1.82) is 0 Å². The summed E-state index contributed by atoms with van der Waals surface area (Å²) in [6.07, 6.45) is 1.11. The molecule has 0 fully saturated rings. The quantitative estimate of drug-likeness (QED) is 0.844. The Morgan fingerprint density at radius 3 is 2.70 bits per heavy atom. The minimum atomic E-state index is 0.112. The second-order valence-electron chi connectivity index (χ2n) is 6.15. The van der Waals surface area contributed by atoms with Gasteiger partial charge in [0, 0.05) is 6.54 Å². The molecule has 110 valence electrons. The van der Waals surface area contributed by atoms with Gasteiger partial charge in [-0.15, -0.1) is 0 Å². The van der Waals surface area contributed by atoms with E-state index in [2.05, 4.69) is 30.7 Å². The van der Waals surface area contributed by atoms with E-state index < -0.39 is 0 Å². The summed E-state index contributed by atoms with van der Waals surface area (Å²) in [5.41, 5.74) is 7.74. The molecule has 0 amide bonds. The number of hydrogen-bond donors (Lipinski definition) is 1. The van der Waals surface area contributed by atoms with Gasteiger partial charge in [0.1, 0.15) is 5.52 Å². The summed E-state index contributed by atoms with van der Waals surface area (Å²) in [5, 5.41) is 0. The minimum absolute atomic E-state index is 0.112. The van der Waals surface area contributed by atoms with Crippen molar-refractivity contribution in [2.75, 3.05) is 19.6 Å². The molecule has 0 saturated heterocycles. The van der Waals surface area contributed by atoms with E-state index in [0.717, 1.165) is 43.0 Å². The van der Waals surface area contributed by atoms with Gasteiger partial charge in [-0.3, -0.25) is 4.90 Å². The van der Waals surface area contributed by atoms with E-state index in [1.165, 1.54) is 0 Å². The predicted octanol–water partition coefficient (Wildman–Crippen LogP) is 3.02. The molecule has 0 bridgehead atoms. The molecular weight excluding hydrogens is 250 g/mol. The molecule has 0 radical (unpaired) electrons. The molecule has 1 aromatic heterocycles. The molecule has 0 aliphatic heterocycles. The lowest BCUT2D eigenvalue weighted by atomic mass is 9.93. The Hall–Kier alpha value is -1.39. The summed E-state index contributed by atoms with van der Waals surface area (Å²) in [7, 11) is 0. The summed E-state index contributed by atoms with van der Waals surface area (Å²) in [6, 6.07) is 7.89. The molecule has 0 aliphatic carbocycles. The first kappa shape index (κ1) is 15.0. The number of nitrogens with zero attached hydrogens (tertiary/aromatic N) is 2. The molecule has 1 heterocycles. The minimum Gasteiger partial charge on any atom is -0.439 e. The van der Waals surface area contributed by atoms with Crippen molar-refractivity contribution in [3.05, 3.63) is 30.2 Å². The second kappa shape index (κ2) is 6.37. The van der Waals surface area contributed by atoms with Crippen LogP contribution < -0.4 is 5.73 Å². The van der Waals surface area contributed by atoms with Gasteiger partial charge in [0.15, 0.2) is 5.58 Å². The van der Waals surface area contributed by atoms with Gasteiger partial charge in [-0.1, -0.05) is 32.9 Å². The molecule has 0 unspecified atom stereocenters. The van der Waals surface area contributed by atoms with E-state index in [1.54, 1.807) is 0 Å². The van der Waals surface area contributed by atoms with Crippen LogP contribution in [-0.4, -0.2) is 29.5 Å². The Balaban J connectivity index is 2.10. The standard InChI is InChI=1S/C16H25N3O/c1-4-9-19(12-16(2,3)11-17)10-15-18-13-7-5-6-8-14(13)20-15/h5-8H,4,9-12,17H2,1-3H3. The van der Waals surface area contributed by atoms with Crippen LogP contribution in [0.2, 0.25) is 0 Å². The van der Waals surface area contributed by atoms with Gasteiger partial charge in [0.05, 0.1) is 6.54 Å². The number of oxazole rings is 1. The summed E-state index contributed by atoms with van der Waals surface area (Å²) >= 11 is 0. The summed E-state index contributed by atoms with van der Waals surface area (Å²) in [6.45, 7) is 9.99. The Kier molecular flexibility index (Phi) is 4.78. The highest BCUT2D eigenvalue weighted by atomic mass is 16.3. The summed E-state index contributed by atoms with van der Waals surface area (Å²) in [4.78, 5) is 6.92. The Labute approximate surface area is 121 Å². The Morgan fingerprint density at radius 1 is 1.30 bits per heavy atom. The van der Waals surface area contributed by atoms with Gasteiger partial charge in [0.2, 0.25) is 5.89 Å². The molecule has 2 rings (SSSR count). The molecule has 0 spiro atoms. The van der Waals surface area contributed by atoms with Crippen LogP contribution in [0.5, 0.6) is 0 Å². The third kappa shape index (κ3) is 3.81. The van der Waals surface area contributed by atoms with Crippen LogP contribution in [0.15, 0.2) is 28.7 Å². The monoisotopic (exact) mass is 275 g/mol. The van der Waals surface area contributed by atoms with Crippen LogP contribution >= 0.6 is 0 Å². The normalized spacial score (nSPS) is 12.4. The maximum atomic E-state index is 5.84. The van der Waals surface area contributed by atoms with Gasteiger partial charge < -0.3 is 10.2 Å². The molecule has 20 heavy (non-hydrogen) atoms. The van der Waals surface area contributed by atoms with Crippen molar-refractivity contribution in [3.8, 4) is 0 Å². The van der Waals surface area contributed by atoms with Crippen molar-refractivity contribution in [2.24, 2.45) is 11.1 Å². The van der Waals surface area contributed by atoms with Crippen LogP contribution in [0, 0.1) is 5.41 Å². The first-order valence-electron chi connectivity index (χ1n) is 7.31. The van der Waals surface area contributed by atoms with Gasteiger partial charge in [-0.25, -0.2) is 4.98 Å². The van der Waals surface area contributed by atoms with Gasteiger partial charge in [-0.05, 0) is 37.1 Å². The van der Waals surface area contributed by atoms with E-state index in [0.29, 0.717) is 6.54 Å². The van der Waals surface area contributed by atoms with Crippen molar-refractivity contribution < 1.29 is 4.42 Å². The smallest absolute Gasteiger partial charge is 0.209 e. The first-order valence-corrected chi connectivity index (χ1v) is 7.31. The van der Waals surface area contributed by atoms with Crippen LogP contribution in [0.4, 0.5) is 0 Å². The lowest BCUT2D eigenvalue weighted by Crippen LogP contribution is -2.38. The highest BCUT2D eigenvalue weighted by Crippen LogP contribution is 2.19. The molecular formula is C16H25N3O. The topological polar surface area (TPSA) is 55.3 Å². The van der Waals surface area contributed by atoms with E-state index in [-0.39, 0.29) is 5.41 Å². The van der Waals surface area contributed by atoms with E-state index >= 15 is 0 Å². The van der Waals surface area contributed by atoms with Crippen LogP contribution in [0.1, 0.15) is 33.1 Å². The van der Waals surface area contributed by atoms with E-state index in [4.69, 9.17) is 10.2 Å². The maximum absolute atomic E-state index is 5.84. The van der Waals surface area contributed by atoms with E-state index in [9.17, 15) is 0 Å². The Morgan fingerprint density at radius 2 is 2.05 bits per heavy atom. The fraction of sp³-hybridized carbons (Fsp3) is 0.562. The SMILES string of the molecule is CCCN(Cc1nc2ccccc2o1)CC(C)(C)CN. The first-order chi connectivity index (χ1) is 9.54. The number of aromatic nitrogens is 1. The lowest BCUT2D eigenvalue weighted by Gasteiger charge is -2.30. The molecule has 4 heteroatoms. The molecule has 0 aliphatic rings. The highest BCUT2D eigenvalue weighted by molar-refractivity contribution is 5.72. The lowest BCUT2D eigenvalue weighted by molar-refractivity contribution is 0.164. The van der Waals surface area contributed by atoms with Crippen molar-refractivity contribution >= 4 is 11.1 Å². The molecule has 4 nitrogen and oxygen atoms in total. The molecule has 0 saturated carbocycles. The second-order valence-corrected chi connectivity index (χ2v) is 6.15. The van der Waals surface area contributed by atoms with Gasteiger partial charge >= 0.3 is 0 Å². The number of hydrogen-bond acceptors (Lipinski definition) is 4. The van der Waals surface area contributed by atoms with Crippen molar-refractivity contribution in [1.82, 2.24) is 9.88 Å². The fourth-order valence-electron chi connectivity index (χ4n) is 2.38. The maximum Gasteiger partial charge on any atom is 0.209 e. The molecule has 1 aromatic carbocycles. The number of benzene rings is 1. The largest absolute Gasteiger partial charge is 0.439 e.